The summed E-state index contributed by atoms with van der Waals surface area (Å²) in [5, 5.41) is 12.0. The maximum absolute atomic E-state index is 13.1. The Morgan fingerprint density at radius 3 is 2.56 bits per heavy atom. The van der Waals surface area contributed by atoms with Crippen molar-refractivity contribution in [2.75, 3.05) is 18.8 Å². The monoisotopic (exact) mass is 457 g/mol. The SMILES string of the molecule is CC(=N)c1ccc(C(=O)N2CCC3(CC2)CC(=O)c2cc(-c4cnn(C)c4)ccc2O3)cc1N. The molecule has 3 aromatic rings. The average molecular weight is 458 g/mol. The molecule has 34 heavy (non-hydrogen) atoms. The van der Waals surface area contributed by atoms with Crippen molar-refractivity contribution in [2.24, 2.45) is 7.05 Å². The summed E-state index contributed by atoms with van der Waals surface area (Å²) in [6, 6.07) is 10.8. The molecule has 1 aromatic heterocycles. The molecule has 8 heteroatoms. The van der Waals surface area contributed by atoms with E-state index in [9.17, 15) is 9.59 Å². The van der Waals surface area contributed by atoms with Crippen molar-refractivity contribution in [2.45, 2.75) is 31.8 Å². The minimum Gasteiger partial charge on any atom is -0.486 e. The van der Waals surface area contributed by atoms with Crippen molar-refractivity contribution < 1.29 is 14.3 Å². The summed E-state index contributed by atoms with van der Waals surface area (Å²) in [5.41, 5.74) is 9.87. The summed E-state index contributed by atoms with van der Waals surface area (Å²) in [6.07, 6.45) is 5.16. The van der Waals surface area contributed by atoms with E-state index in [0.29, 0.717) is 66.2 Å². The zero-order chi connectivity index (χ0) is 24.0. The fourth-order valence-corrected chi connectivity index (χ4v) is 4.86. The lowest BCUT2D eigenvalue weighted by atomic mass is 9.82. The van der Waals surface area contributed by atoms with Crippen LogP contribution in [0.3, 0.4) is 0 Å². The molecule has 1 saturated heterocycles. The zero-order valence-corrected chi connectivity index (χ0v) is 19.3. The third-order valence-electron chi connectivity index (χ3n) is 6.79. The highest BCUT2D eigenvalue weighted by Gasteiger charge is 2.43. The van der Waals surface area contributed by atoms with E-state index in [1.165, 1.54) is 0 Å². The number of likely N-dealkylation sites (tertiary alicyclic amines) is 1. The number of nitrogen functional groups attached to an aromatic ring is 1. The zero-order valence-electron chi connectivity index (χ0n) is 19.3. The van der Waals surface area contributed by atoms with Crippen molar-refractivity contribution in [1.29, 1.82) is 5.41 Å². The number of fused-ring (bicyclic) bond motifs is 1. The summed E-state index contributed by atoms with van der Waals surface area (Å²) in [7, 11) is 1.86. The highest BCUT2D eigenvalue weighted by Crippen LogP contribution is 2.41. The Balaban J connectivity index is 1.30. The molecule has 0 saturated carbocycles. The van der Waals surface area contributed by atoms with Gasteiger partial charge in [-0.1, -0.05) is 12.1 Å². The van der Waals surface area contributed by atoms with Gasteiger partial charge in [0, 0.05) is 67.3 Å². The third-order valence-corrected chi connectivity index (χ3v) is 6.79. The molecule has 2 aromatic carbocycles. The van der Waals surface area contributed by atoms with Crippen LogP contribution in [0.4, 0.5) is 5.69 Å². The Hall–Kier alpha value is -3.94. The van der Waals surface area contributed by atoms with Gasteiger partial charge in [0.05, 0.1) is 18.2 Å². The summed E-state index contributed by atoms with van der Waals surface area (Å²) in [6.45, 7) is 2.67. The number of carbonyl (C=O) groups is 2. The number of nitrogens with two attached hydrogens (primary N) is 1. The lowest BCUT2D eigenvalue weighted by molar-refractivity contribution is -0.00569. The molecule has 5 rings (SSSR count). The van der Waals surface area contributed by atoms with Gasteiger partial charge in [-0.15, -0.1) is 0 Å². The Bertz CT molecular complexity index is 1320. The molecule has 174 valence electrons. The van der Waals surface area contributed by atoms with Crippen molar-refractivity contribution in [3.63, 3.8) is 0 Å². The number of amides is 1. The van der Waals surface area contributed by atoms with Gasteiger partial charge in [-0.3, -0.25) is 14.3 Å². The predicted molar refractivity (Wildman–Crippen MR) is 129 cm³/mol. The molecule has 0 radical (unpaired) electrons. The predicted octanol–water partition coefficient (Wildman–Crippen LogP) is 3.70. The quantitative estimate of drug-likeness (QED) is 0.460. The number of carbonyl (C=O) groups excluding carboxylic acids is 2. The van der Waals surface area contributed by atoms with E-state index in [-0.39, 0.29) is 11.7 Å². The van der Waals surface area contributed by atoms with Crippen molar-refractivity contribution in [3.8, 4) is 16.9 Å². The standard InChI is InChI=1S/C26H27N5O3/c1-16(27)20-5-3-18(12-22(20)28)25(33)31-9-7-26(8-10-31)13-23(32)21-11-17(4-6-24(21)34-26)19-14-29-30(2)15-19/h3-6,11-12,14-15,27H,7-10,13,28H2,1-2H3. The van der Waals surface area contributed by atoms with Gasteiger partial charge in [-0.25, -0.2) is 0 Å². The van der Waals surface area contributed by atoms with Gasteiger partial charge in [0.15, 0.2) is 5.78 Å². The molecule has 3 N–H and O–H groups in total. The van der Waals surface area contributed by atoms with Gasteiger partial charge >= 0.3 is 0 Å². The molecule has 3 heterocycles. The van der Waals surface area contributed by atoms with E-state index in [1.54, 1.807) is 40.9 Å². The largest absolute Gasteiger partial charge is 0.486 e. The molecule has 2 aliphatic rings. The van der Waals surface area contributed by atoms with Crippen molar-refractivity contribution in [3.05, 3.63) is 65.5 Å². The molecule has 1 spiro atoms. The minimum absolute atomic E-state index is 0.0668. The number of nitrogens with zero attached hydrogens (tertiary/aromatic N) is 3. The van der Waals surface area contributed by atoms with Gasteiger partial charge in [0.25, 0.3) is 5.91 Å². The number of Topliss-reactive ketones (excluding diaryl/α,β-unsaturated/α-hetero) is 1. The number of piperidine rings is 1. The van der Waals surface area contributed by atoms with Gasteiger partial charge in [0.2, 0.25) is 0 Å². The number of nitrogens with one attached hydrogen (secondary N) is 1. The minimum atomic E-state index is -0.586. The Morgan fingerprint density at radius 2 is 1.91 bits per heavy atom. The Labute approximate surface area is 197 Å². The van der Waals surface area contributed by atoms with Crippen LogP contribution in [0.2, 0.25) is 0 Å². The van der Waals surface area contributed by atoms with Crippen molar-refractivity contribution >= 4 is 23.1 Å². The number of anilines is 1. The van der Waals surface area contributed by atoms with Crippen LogP contribution < -0.4 is 10.5 Å². The van der Waals surface area contributed by atoms with Gasteiger partial charge in [-0.2, -0.15) is 5.10 Å². The summed E-state index contributed by atoms with van der Waals surface area (Å²) in [4.78, 5) is 27.9. The molecule has 2 aliphatic heterocycles. The number of ether oxygens (including phenoxy) is 1. The highest BCUT2D eigenvalue weighted by molar-refractivity contribution is 6.03. The van der Waals surface area contributed by atoms with Gasteiger partial charge < -0.3 is 20.8 Å². The second kappa shape index (κ2) is 8.13. The number of ketones is 1. The summed E-state index contributed by atoms with van der Waals surface area (Å²) >= 11 is 0. The second-order valence-corrected chi connectivity index (χ2v) is 9.22. The van der Waals surface area contributed by atoms with Crippen LogP contribution in [0.1, 0.15) is 52.5 Å². The smallest absolute Gasteiger partial charge is 0.253 e. The lowest BCUT2D eigenvalue weighted by Crippen LogP contribution is -2.52. The maximum atomic E-state index is 13.1. The molecular formula is C26H27N5O3. The van der Waals surface area contributed by atoms with Gasteiger partial charge in [-0.05, 0) is 36.8 Å². The topological polar surface area (TPSA) is 114 Å². The molecule has 1 fully saturated rings. The number of aryl methyl sites for hydroxylation is 1. The van der Waals surface area contributed by atoms with Crippen molar-refractivity contribution in [1.82, 2.24) is 14.7 Å². The first-order chi connectivity index (χ1) is 16.2. The number of hydrogen-bond donors (Lipinski definition) is 2. The van der Waals surface area contributed by atoms with Crippen LogP contribution in [-0.2, 0) is 7.05 Å². The average Bonchev–Trinajstić information content (AvgIpc) is 3.25. The van der Waals surface area contributed by atoms with Crippen LogP contribution in [0.5, 0.6) is 5.75 Å². The Morgan fingerprint density at radius 1 is 1.15 bits per heavy atom. The molecule has 0 unspecified atom stereocenters. The number of hydrogen-bond acceptors (Lipinski definition) is 6. The molecule has 0 bridgehead atoms. The maximum Gasteiger partial charge on any atom is 0.253 e. The molecule has 0 atom stereocenters. The molecular weight excluding hydrogens is 430 g/mol. The Kier molecular flexibility index (Phi) is 5.23. The van der Waals surface area contributed by atoms with Crippen LogP contribution in [0.25, 0.3) is 11.1 Å². The first-order valence-electron chi connectivity index (χ1n) is 11.3. The lowest BCUT2D eigenvalue weighted by Gasteiger charge is -2.44. The fourth-order valence-electron chi connectivity index (χ4n) is 4.86. The summed E-state index contributed by atoms with van der Waals surface area (Å²) in [5.74, 6) is 0.575. The summed E-state index contributed by atoms with van der Waals surface area (Å²) < 4.78 is 8.13. The molecule has 0 aliphatic carbocycles. The van der Waals surface area contributed by atoms with E-state index >= 15 is 0 Å². The fraction of sp³-hybridized carbons (Fsp3) is 0.308. The number of aromatic nitrogens is 2. The second-order valence-electron chi connectivity index (χ2n) is 9.22. The first kappa shape index (κ1) is 21.9. The van der Waals surface area contributed by atoms with E-state index in [4.69, 9.17) is 15.9 Å². The van der Waals surface area contributed by atoms with Crippen LogP contribution in [0, 0.1) is 5.41 Å². The molecule has 1 amide bonds. The van der Waals surface area contributed by atoms with Crippen LogP contribution in [0.15, 0.2) is 48.8 Å². The number of rotatable bonds is 3. The van der Waals surface area contributed by atoms with E-state index < -0.39 is 5.60 Å². The third kappa shape index (κ3) is 3.85. The van der Waals surface area contributed by atoms with Crippen LogP contribution >= 0.6 is 0 Å². The van der Waals surface area contributed by atoms with Gasteiger partial charge in [0.1, 0.15) is 11.4 Å². The first-order valence-corrected chi connectivity index (χ1v) is 11.3. The highest BCUT2D eigenvalue weighted by atomic mass is 16.5. The molecule has 8 nitrogen and oxygen atoms in total. The van der Waals surface area contributed by atoms with E-state index in [1.807, 2.05) is 31.4 Å². The van der Waals surface area contributed by atoms with E-state index in [2.05, 4.69) is 5.10 Å². The number of benzene rings is 2. The van der Waals surface area contributed by atoms with E-state index in [0.717, 1.165) is 11.1 Å². The van der Waals surface area contributed by atoms with Crippen LogP contribution in [-0.4, -0.2) is 50.8 Å². The normalized spacial score (nSPS) is 16.8.